The molecule has 2 aliphatic rings. The number of nitrogens with one attached hydrogen (secondary N) is 1. The van der Waals surface area contributed by atoms with E-state index in [4.69, 9.17) is 4.74 Å². The molecule has 1 heterocycles. The van der Waals surface area contributed by atoms with Gasteiger partial charge in [-0.1, -0.05) is 0 Å². The van der Waals surface area contributed by atoms with Crippen LogP contribution in [-0.2, 0) is 9.53 Å². The maximum Gasteiger partial charge on any atom is 0.228 e. The lowest BCUT2D eigenvalue weighted by Crippen LogP contribution is -2.44. The number of carbonyl (C=O) groups excluding carboxylic acids is 1. The van der Waals surface area contributed by atoms with Crippen LogP contribution in [0.25, 0.3) is 0 Å². The summed E-state index contributed by atoms with van der Waals surface area (Å²) in [4.78, 5) is 14.2. The predicted octanol–water partition coefficient (Wildman–Crippen LogP) is 1.01. The summed E-state index contributed by atoms with van der Waals surface area (Å²) < 4.78 is 5.29. The molecule has 1 saturated carbocycles. The molecule has 1 amide bonds. The number of hydrogen-bond donors (Lipinski definition) is 1. The Bertz CT molecular complexity index is 256. The van der Waals surface area contributed by atoms with Gasteiger partial charge in [0.1, 0.15) is 0 Å². The summed E-state index contributed by atoms with van der Waals surface area (Å²) in [6.07, 6.45) is 5.51. The van der Waals surface area contributed by atoms with E-state index in [1.807, 2.05) is 19.0 Å². The fraction of sp³-hybridized carbons (Fsp3) is 0.923. The maximum absolute atomic E-state index is 12.2. The third-order valence-corrected chi connectivity index (χ3v) is 4.28. The van der Waals surface area contributed by atoms with E-state index in [2.05, 4.69) is 5.32 Å². The van der Waals surface area contributed by atoms with Crippen molar-refractivity contribution in [3.63, 3.8) is 0 Å². The molecule has 0 spiro atoms. The van der Waals surface area contributed by atoms with Crippen LogP contribution in [0.3, 0.4) is 0 Å². The van der Waals surface area contributed by atoms with Gasteiger partial charge >= 0.3 is 0 Å². The molecule has 0 aromatic heterocycles. The number of amides is 1. The average molecular weight is 240 g/mol. The zero-order chi connectivity index (χ0) is 12.3. The van der Waals surface area contributed by atoms with Crippen LogP contribution < -0.4 is 5.32 Å². The van der Waals surface area contributed by atoms with Gasteiger partial charge in [-0.25, -0.2) is 0 Å². The Morgan fingerprint density at radius 3 is 2.47 bits per heavy atom. The van der Waals surface area contributed by atoms with E-state index < -0.39 is 0 Å². The number of ether oxygens (including phenoxy) is 1. The van der Waals surface area contributed by atoms with Gasteiger partial charge in [-0.05, 0) is 39.2 Å². The smallest absolute Gasteiger partial charge is 0.228 e. The van der Waals surface area contributed by atoms with Gasteiger partial charge in [0, 0.05) is 25.7 Å². The molecule has 0 aromatic carbocycles. The standard InChI is InChI=1S/C13H24N2O2/c1-14-11-3-5-12(6-4-11)15(2)13(16)10-7-8-17-9-10/h10-12,14H,3-9H2,1-2H3. The van der Waals surface area contributed by atoms with Crippen molar-refractivity contribution in [1.29, 1.82) is 0 Å². The minimum Gasteiger partial charge on any atom is -0.381 e. The van der Waals surface area contributed by atoms with Crippen molar-refractivity contribution in [2.24, 2.45) is 5.92 Å². The molecule has 1 aliphatic heterocycles. The second-order valence-corrected chi connectivity index (χ2v) is 5.30. The fourth-order valence-electron chi connectivity index (χ4n) is 2.95. The van der Waals surface area contributed by atoms with Gasteiger partial charge in [0.25, 0.3) is 0 Å². The van der Waals surface area contributed by atoms with E-state index in [1.165, 1.54) is 12.8 Å². The number of hydrogen-bond acceptors (Lipinski definition) is 3. The molecule has 0 bridgehead atoms. The molecule has 1 saturated heterocycles. The highest BCUT2D eigenvalue weighted by Crippen LogP contribution is 2.24. The first-order valence-electron chi connectivity index (χ1n) is 6.74. The lowest BCUT2D eigenvalue weighted by molar-refractivity contribution is -0.136. The molecule has 2 rings (SSSR count). The predicted molar refractivity (Wildman–Crippen MR) is 66.8 cm³/mol. The molecular formula is C13H24N2O2. The highest BCUT2D eigenvalue weighted by molar-refractivity contribution is 5.79. The Labute approximate surface area is 104 Å². The molecule has 2 fully saturated rings. The van der Waals surface area contributed by atoms with Crippen LogP contribution in [-0.4, -0.2) is 50.2 Å². The largest absolute Gasteiger partial charge is 0.381 e. The van der Waals surface area contributed by atoms with Gasteiger partial charge in [0.2, 0.25) is 5.91 Å². The second-order valence-electron chi connectivity index (χ2n) is 5.30. The van der Waals surface area contributed by atoms with Gasteiger partial charge < -0.3 is 15.0 Å². The highest BCUT2D eigenvalue weighted by Gasteiger charge is 2.31. The van der Waals surface area contributed by atoms with Crippen LogP contribution in [0, 0.1) is 5.92 Å². The van der Waals surface area contributed by atoms with Crippen molar-refractivity contribution >= 4 is 5.91 Å². The topological polar surface area (TPSA) is 41.6 Å². The monoisotopic (exact) mass is 240 g/mol. The average Bonchev–Trinajstić information content (AvgIpc) is 2.91. The van der Waals surface area contributed by atoms with E-state index in [1.54, 1.807) is 0 Å². The summed E-state index contributed by atoms with van der Waals surface area (Å²) in [6, 6.07) is 1.08. The first kappa shape index (κ1) is 12.8. The van der Waals surface area contributed by atoms with Crippen molar-refractivity contribution in [1.82, 2.24) is 10.2 Å². The molecule has 1 aliphatic carbocycles. The van der Waals surface area contributed by atoms with Gasteiger partial charge in [-0.3, -0.25) is 4.79 Å². The molecule has 17 heavy (non-hydrogen) atoms. The summed E-state index contributed by atoms with van der Waals surface area (Å²) >= 11 is 0. The van der Waals surface area contributed by atoms with Crippen LogP contribution in [0.4, 0.5) is 0 Å². The first-order valence-corrected chi connectivity index (χ1v) is 6.74. The Morgan fingerprint density at radius 2 is 1.94 bits per heavy atom. The Kier molecular flexibility index (Phi) is 4.40. The Morgan fingerprint density at radius 1 is 1.24 bits per heavy atom. The second kappa shape index (κ2) is 5.83. The van der Waals surface area contributed by atoms with E-state index >= 15 is 0 Å². The van der Waals surface area contributed by atoms with E-state index in [0.717, 1.165) is 25.9 Å². The van der Waals surface area contributed by atoms with Crippen molar-refractivity contribution in [3.05, 3.63) is 0 Å². The normalized spacial score (nSPS) is 33.6. The quantitative estimate of drug-likeness (QED) is 0.800. The number of rotatable bonds is 3. The highest BCUT2D eigenvalue weighted by atomic mass is 16.5. The summed E-state index contributed by atoms with van der Waals surface area (Å²) in [5, 5.41) is 3.32. The minimum absolute atomic E-state index is 0.113. The minimum atomic E-state index is 0.113. The van der Waals surface area contributed by atoms with Gasteiger partial charge in [0.15, 0.2) is 0 Å². The number of nitrogens with zero attached hydrogens (tertiary/aromatic N) is 1. The molecule has 98 valence electrons. The summed E-state index contributed by atoms with van der Waals surface area (Å²) in [5.74, 6) is 0.400. The summed E-state index contributed by atoms with van der Waals surface area (Å²) in [5.41, 5.74) is 0. The number of carbonyl (C=O) groups is 1. The molecule has 0 radical (unpaired) electrons. The van der Waals surface area contributed by atoms with E-state index in [-0.39, 0.29) is 11.8 Å². The van der Waals surface area contributed by atoms with Crippen LogP contribution in [0.15, 0.2) is 0 Å². The van der Waals surface area contributed by atoms with Crippen LogP contribution in [0.2, 0.25) is 0 Å². The van der Waals surface area contributed by atoms with Crippen LogP contribution in [0.1, 0.15) is 32.1 Å². The molecule has 0 aromatic rings. The molecule has 4 nitrogen and oxygen atoms in total. The van der Waals surface area contributed by atoms with Crippen LogP contribution >= 0.6 is 0 Å². The Hall–Kier alpha value is -0.610. The van der Waals surface area contributed by atoms with Crippen molar-refractivity contribution < 1.29 is 9.53 Å². The Balaban J connectivity index is 1.83. The van der Waals surface area contributed by atoms with E-state index in [9.17, 15) is 4.79 Å². The third-order valence-electron chi connectivity index (χ3n) is 4.28. The lowest BCUT2D eigenvalue weighted by atomic mass is 9.90. The maximum atomic E-state index is 12.2. The fourth-order valence-corrected chi connectivity index (χ4v) is 2.95. The van der Waals surface area contributed by atoms with Crippen LogP contribution in [0.5, 0.6) is 0 Å². The molecule has 1 atom stereocenters. The zero-order valence-electron chi connectivity index (χ0n) is 10.9. The van der Waals surface area contributed by atoms with Gasteiger partial charge in [0.05, 0.1) is 12.5 Å². The van der Waals surface area contributed by atoms with Gasteiger partial charge in [-0.2, -0.15) is 0 Å². The van der Waals surface area contributed by atoms with Crippen molar-refractivity contribution in [2.45, 2.75) is 44.2 Å². The molecule has 4 heteroatoms. The SMILES string of the molecule is CNC1CCC(N(C)C(=O)C2CCOC2)CC1. The zero-order valence-corrected chi connectivity index (χ0v) is 10.9. The van der Waals surface area contributed by atoms with Crippen molar-refractivity contribution in [2.75, 3.05) is 27.3 Å². The first-order chi connectivity index (χ1) is 8.22. The van der Waals surface area contributed by atoms with Crippen molar-refractivity contribution in [3.8, 4) is 0 Å². The molecular weight excluding hydrogens is 216 g/mol. The summed E-state index contributed by atoms with van der Waals surface area (Å²) in [7, 11) is 3.99. The third kappa shape index (κ3) is 2.99. The molecule has 1 N–H and O–H groups in total. The van der Waals surface area contributed by atoms with E-state index in [0.29, 0.717) is 18.7 Å². The van der Waals surface area contributed by atoms with Gasteiger partial charge in [-0.15, -0.1) is 0 Å². The lowest BCUT2D eigenvalue weighted by Gasteiger charge is -2.35. The summed E-state index contributed by atoms with van der Waals surface area (Å²) in [6.45, 7) is 1.37. The molecule has 1 unspecified atom stereocenters.